The van der Waals surface area contributed by atoms with Gasteiger partial charge >= 0.3 is 5.97 Å². The largest absolute Gasteiger partial charge is 0.508 e. The van der Waals surface area contributed by atoms with Crippen LogP contribution in [0.5, 0.6) is 0 Å². The highest BCUT2D eigenvalue weighted by Gasteiger charge is 2.57. The van der Waals surface area contributed by atoms with Crippen molar-refractivity contribution < 1.29 is 19.7 Å². The van der Waals surface area contributed by atoms with Crippen LogP contribution in [-0.2, 0) is 9.53 Å². The third-order valence-electron chi connectivity index (χ3n) is 10.3. The molecule has 0 aromatic carbocycles. The van der Waals surface area contributed by atoms with Gasteiger partial charge in [0.15, 0.2) is 0 Å². The predicted molar refractivity (Wildman–Crippen MR) is 146 cm³/mol. The van der Waals surface area contributed by atoms with E-state index < -0.39 is 5.97 Å². The third-order valence-corrected chi connectivity index (χ3v) is 10.3. The number of carboxylic acids is 1. The van der Waals surface area contributed by atoms with Crippen LogP contribution < -0.4 is 0 Å². The minimum absolute atomic E-state index is 0.205. The van der Waals surface area contributed by atoms with Crippen molar-refractivity contribution in [3.8, 4) is 0 Å². The molecule has 4 aliphatic carbocycles. The zero-order chi connectivity index (χ0) is 25.9. The van der Waals surface area contributed by atoms with Gasteiger partial charge in [0.05, 0.1) is 18.8 Å². The summed E-state index contributed by atoms with van der Waals surface area (Å²) in [5, 5.41) is 18.2. The number of aliphatic hydroxyl groups is 1. The first-order valence-corrected chi connectivity index (χ1v) is 14.4. The minimum atomic E-state index is -1.15. The van der Waals surface area contributed by atoms with Gasteiger partial charge in [0, 0.05) is 0 Å². The normalized spacial score (nSPS) is 37.6. The quantitative estimate of drug-likeness (QED) is 0.111. The van der Waals surface area contributed by atoms with Crippen molar-refractivity contribution in [1.82, 2.24) is 0 Å². The van der Waals surface area contributed by atoms with Crippen LogP contribution in [0.3, 0.4) is 0 Å². The highest BCUT2D eigenvalue weighted by molar-refractivity contribution is 5.80. The topological polar surface area (TPSA) is 66.8 Å². The van der Waals surface area contributed by atoms with Gasteiger partial charge in [0.25, 0.3) is 0 Å². The molecule has 0 heterocycles. The van der Waals surface area contributed by atoms with Crippen LogP contribution >= 0.6 is 0 Å². The second kappa shape index (κ2) is 11.3. The Morgan fingerprint density at radius 1 is 1.14 bits per heavy atom. The summed E-state index contributed by atoms with van der Waals surface area (Å²) in [4.78, 5) is 10.6. The smallest absolute Gasteiger partial charge is 0.332 e. The summed E-state index contributed by atoms with van der Waals surface area (Å²) >= 11 is 0. The lowest BCUT2D eigenvalue weighted by Crippen LogP contribution is -2.49. The summed E-state index contributed by atoms with van der Waals surface area (Å²) in [5.74, 6) is 1.86. The van der Waals surface area contributed by atoms with Crippen molar-refractivity contribution in [2.24, 2.45) is 34.5 Å². The van der Waals surface area contributed by atoms with E-state index >= 15 is 0 Å². The molecule has 0 bridgehead atoms. The Hall–Kier alpha value is -1.81. The summed E-state index contributed by atoms with van der Waals surface area (Å²) in [6.07, 6.45) is 23.2. The number of hydrogen-bond donors (Lipinski definition) is 2. The van der Waals surface area contributed by atoms with Crippen LogP contribution in [0.1, 0.15) is 98.3 Å². The standard InChI is InChI=1S/C32H48O4/c1-22(2)8-5-6-9-23-12-14-28-27-13-11-24-20-26(36-19-7-10-25(33)21-30(34)35)15-17-32(24,4)29(27)16-18-31(23,28)3/h7,9-11,21-22,26-29,33H,5-6,8,12-20H2,1-4H3,(H,34,35)/b10-7+,23-9+,25-21-. The molecular weight excluding hydrogens is 448 g/mol. The monoisotopic (exact) mass is 496 g/mol. The second-order valence-corrected chi connectivity index (χ2v) is 12.8. The fourth-order valence-corrected chi connectivity index (χ4v) is 8.29. The average molecular weight is 497 g/mol. The highest BCUT2D eigenvalue weighted by Crippen LogP contribution is 2.66. The van der Waals surface area contributed by atoms with Gasteiger partial charge < -0.3 is 14.9 Å². The van der Waals surface area contributed by atoms with Crippen LogP contribution in [0.25, 0.3) is 0 Å². The maximum absolute atomic E-state index is 10.6. The van der Waals surface area contributed by atoms with Crippen molar-refractivity contribution in [3.63, 3.8) is 0 Å². The van der Waals surface area contributed by atoms with E-state index in [9.17, 15) is 9.90 Å². The van der Waals surface area contributed by atoms with Gasteiger partial charge in [-0.1, -0.05) is 63.5 Å². The molecule has 0 aromatic rings. The minimum Gasteiger partial charge on any atom is -0.508 e. The van der Waals surface area contributed by atoms with Crippen LogP contribution in [-0.4, -0.2) is 28.9 Å². The molecule has 6 unspecified atom stereocenters. The summed E-state index contributed by atoms with van der Waals surface area (Å²) in [5.41, 5.74) is 4.13. The zero-order valence-corrected chi connectivity index (χ0v) is 23.0. The molecule has 0 radical (unpaired) electrons. The molecule has 3 saturated carbocycles. The number of aliphatic hydroxyl groups excluding tert-OH is 1. The second-order valence-electron chi connectivity index (χ2n) is 12.8. The van der Waals surface area contributed by atoms with E-state index in [1.807, 2.05) is 0 Å². The van der Waals surface area contributed by atoms with E-state index in [1.165, 1.54) is 63.9 Å². The number of ether oxygens (including phenoxy) is 1. The van der Waals surface area contributed by atoms with E-state index in [-0.39, 0.29) is 11.9 Å². The fraction of sp³-hybridized carbons (Fsp3) is 0.719. The van der Waals surface area contributed by atoms with Crippen LogP contribution in [0, 0.1) is 34.5 Å². The first kappa shape index (κ1) is 27.2. The van der Waals surface area contributed by atoms with Crippen LogP contribution in [0.4, 0.5) is 0 Å². The molecule has 3 fully saturated rings. The number of carbonyl (C=O) groups is 1. The Morgan fingerprint density at radius 2 is 1.89 bits per heavy atom. The predicted octanol–water partition coefficient (Wildman–Crippen LogP) is 8.17. The Labute approximate surface area is 218 Å². The number of unbranched alkanes of at least 4 members (excludes halogenated alkanes) is 1. The van der Waals surface area contributed by atoms with Crippen molar-refractivity contribution in [3.05, 3.63) is 47.3 Å². The van der Waals surface area contributed by atoms with Crippen molar-refractivity contribution in [2.75, 3.05) is 6.61 Å². The van der Waals surface area contributed by atoms with Gasteiger partial charge in [-0.15, -0.1) is 0 Å². The Kier molecular flexibility index (Phi) is 8.54. The number of rotatable bonds is 9. The number of aliphatic carboxylic acids is 1. The van der Waals surface area contributed by atoms with Gasteiger partial charge in [-0.2, -0.15) is 0 Å². The number of fused-ring (bicyclic) bond motifs is 5. The molecule has 4 nitrogen and oxygen atoms in total. The highest BCUT2D eigenvalue weighted by atomic mass is 16.5. The lowest BCUT2D eigenvalue weighted by Gasteiger charge is -2.57. The number of allylic oxidation sites excluding steroid dienone is 4. The van der Waals surface area contributed by atoms with E-state index in [0.717, 1.165) is 42.6 Å². The first-order chi connectivity index (χ1) is 17.1. The van der Waals surface area contributed by atoms with Gasteiger partial charge in [-0.3, -0.25) is 0 Å². The van der Waals surface area contributed by atoms with Crippen molar-refractivity contribution in [1.29, 1.82) is 0 Å². The molecule has 4 aliphatic rings. The lowest BCUT2D eigenvalue weighted by atomic mass is 9.48. The maximum Gasteiger partial charge on any atom is 0.332 e. The van der Waals surface area contributed by atoms with E-state index in [4.69, 9.17) is 9.84 Å². The molecule has 0 amide bonds. The van der Waals surface area contributed by atoms with Gasteiger partial charge in [-0.25, -0.2) is 4.79 Å². The third kappa shape index (κ3) is 5.69. The molecule has 6 atom stereocenters. The Bertz CT molecular complexity index is 924. The van der Waals surface area contributed by atoms with Crippen molar-refractivity contribution >= 4 is 5.97 Å². The van der Waals surface area contributed by atoms with Gasteiger partial charge in [0.2, 0.25) is 0 Å². The van der Waals surface area contributed by atoms with Gasteiger partial charge in [-0.05, 0) is 105 Å². The van der Waals surface area contributed by atoms with Crippen LogP contribution in [0.15, 0.2) is 47.3 Å². The molecule has 0 spiro atoms. The van der Waals surface area contributed by atoms with E-state index in [1.54, 1.807) is 17.2 Å². The average Bonchev–Trinajstić information content (AvgIpc) is 3.15. The summed E-state index contributed by atoms with van der Waals surface area (Å²) in [7, 11) is 0. The Morgan fingerprint density at radius 3 is 2.64 bits per heavy atom. The maximum atomic E-state index is 10.6. The molecule has 36 heavy (non-hydrogen) atoms. The van der Waals surface area contributed by atoms with E-state index in [2.05, 4.69) is 39.8 Å². The molecular formula is C32H48O4. The summed E-state index contributed by atoms with van der Waals surface area (Å²) < 4.78 is 6.11. The van der Waals surface area contributed by atoms with Crippen molar-refractivity contribution in [2.45, 2.75) is 104 Å². The molecule has 4 heteroatoms. The summed E-state index contributed by atoms with van der Waals surface area (Å²) in [6, 6.07) is 0. The molecule has 2 N–H and O–H groups in total. The van der Waals surface area contributed by atoms with Gasteiger partial charge in [0.1, 0.15) is 5.76 Å². The number of hydrogen-bond acceptors (Lipinski definition) is 3. The molecule has 0 saturated heterocycles. The first-order valence-electron chi connectivity index (χ1n) is 14.4. The summed E-state index contributed by atoms with van der Waals surface area (Å²) in [6.45, 7) is 10.2. The molecule has 0 aromatic heterocycles. The Balaban J connectivity index is 1.37. The molecule has 4 rings (SSSR count). The lowest BCUT2D eigenvalue weighted by molar-refractivity contribution is -0.131. The molecule has 200 valence electrons. The fourth-order valence-electron chi connectivity index (χ4n) is 8.29. The SMILES string of the molecule is CC(C)CCC/C=C1\CCC2C3CC=C4CC(OC/C=C/C(O)=C/C(=O)O)CCC4(C)C3CCC12C. The van der Waals surface area contributed by atoms with E-state index in [0.29, 0.717) is 17.4 Å². The van der Waals surface area contributed by atoms with Crippen LogP contribution in [0.2, 0.25) is 0 Å². The molecule has 0 aliphatic heterocycles. The number of carboxylic acid groups (broad SMARTS) is 1. The zero-order valence-electron chi connectivity index (χ0n) is 23.0.